The summed E-state index contributed by atoms with van der Waals surface area (Å²) < 4.78 is 0. The highest BCUT2D eigenvalue weighted by atomic mass is 16.4. The second kappa shape index (κ2) is 8.51. The molecule has 3 heteroatoms. The van der Waals surface area contributed by atoms with Gasteiger partial charge >= 0.3 is 5.97 Å². The predicted molar refractivity (Wildman–Crippen MR) is 112 cm³/mol. The zero-order valence-corrected chi connectivity index (χ0v) is 17.2. The molecule has 1 aromatic carbocycles. The van der Waals surface area contributed by atoms with Crippen LogP contribution in [-0.2, 0) is 11.8 Å². The number of hydrogen-bond donors (Lipinski definition) is 1. The third-order valence-corrected chi connectivity index (χ3v) is 5.36. The quantitative estimate of drug-likeness (QED) is 0.607. The summed E-state index contributed by atoms with van der Waals surface area (Å²) in [5.74, 6) is -0.969. The molecule has 1 N–H and O–H groups in total. The van der Waals surface area contributed by atoms with Gasteiger partial charge in [0.05, 0.1) is 11.3 Å². The van der Waals surface area contributed by atoms with E-state index in [1.54, 1.807) is 12.1 Å². The number of aromatic carboxylic acids is 1. The summed E-state index contributed by atoms with van der Waals surface area (Å²) in [7, 11) is 0. The van der Waals surface area contributed by atoms with Crippen molar-refractivity contribution in [3.63, 3.8) is 0 Å². The summed E-state index contributed by atoms with van der Waals surface area (Å²) in [5, 5.41) is 9.07. The molecule has 0 spiro atoms. The predicted octanol–water partition coefficient (Wildman–Crippen LogP) is 6.18. The molecule has 3 nitrogen and oxygen atoms in total. The molecular formula is C24H31NO2. The van der Waals surface area contributed by atoms with Crippen LogP contribution < -0.4 is 0 Å². The largest absolute Gasteiger partial charge is 0.478 e. The van der Waals surface area contributed by atoms with E-state index >= 15 is 0 Å². The van der Waals surface area contributed by atoms with Crippen molar-refractivity contribution in [3.8, 4) is 0 Å². The standard InChI is InChI=1S/C24H31NO2/c1-7-9-12-24(5,6)21-14-20(16(3)13-18(21)8-2)17(4)22-11-10-19(15-25-22)23(26)27/h10-11,13-15H,4,7-9,12H2,1-3,5-6H3,(H,26,27). The third kappa shape index (κ3) is 4.65. The number of nitrogens with zero attached hydrogens (tertiary/aromatic N) is 1. The smallest absolute Gasteiger partial charge is 0.337 e. The van der Waals surface area contributed by atoms with E-state index in [1.807, 2.05) is 0 Å². The first kappa shape index (κ1) is 20.9. The summed E-state index contributed by atoms with van der Waals surface area (Å²) in [4.78, 5) is 15.4. The van der Waals surface area contributed by atoms with Crippen LogP contribution in [0.4, 0.5) is 0 Å². The summed E-state index contributed by atoms with van der Waals surface area (Å²) in [5.41, 5.74) is 6.86. The van der Waals surface area contributed by atoms with E-state index < -0.39 is 5.97 Å². The van der Waals surface area contributed by atoms with Crippen molar-refractivity contribution in [2.24, 2.45) is 0 Å². The molecule has 0 aliphatic heterocycles. The summed E-state index contributed by atoms with van der Waals surface area (Å²) in [6.07, 6.45) is 5.94. The molecular weight excluding hydrogens is 334 g/mol. The van der Waals surface area contributed by atoms with E-state index in [-0.39, 0.29) is 11.0 Å². The Labute approximate surface area is 163 Å². The van der Waals surface area contributed by atoms with E-state index in [2.05, 4.69) is 58.3 Å². The van der Waals surface area contributed by atoms with Crippen LogP contribution >= 0.6 is 0 Å². The van der Waals surface area contributed by atoms with Crippen LogP contribution in [-0.4, -0.2) is 16.1 Å². The van der Waals surface area contributed by atoms with Gasteiger partial charge in [0, 0.05) is 11.8 Å². The maximum Gasteiger partial charge on any atom is 0.337 e. The molecule has 0 aliphatic rings. The number of aryl methyl sites for hydroxylation is 2. The molecule has 0 radical (unpaired) electrons. The maximum absolute atomic E-state index is 11.1. The van der Waals surface area contributed by atoms with Crippen molar-refractivity contribution < 1.29 is 9.90 Å². The number of hydrogen-bond acceptors (Lipinski definition) is 2. The molecule has 0 saturated carbocycles. The van der Waals surface area contributed by atoms with Gasteiger partial charge in [-0.15, -0.1) is 0 Å². The molecule has 1 heterocycles. The normalized spacial score (nSPS) is 11.4. The topological polar surface area (TPSA) is 50.2 Å². The first-order valence-corrected chi connectivity index (χ1v) is 9.74. The molecule has 0 amide bonds. The van der Waals surface area contributed by atoms with Crippen molar-refractivity contribution >= 4 is 11.5 Å². The van der Waals surface area contributed by atoms with Gasteiger partial charge in [0.15, 0.2) is 0 Å². The number of benzene rings is 1. The number of unbranched alkanes of at least 4 members (excludes halogenated alkanes) is 1. The Balaban J connectivity index is 2.48. The molecule has 27 heavy (non-hydrogen) atoms. The minimum absolute atomic E-state index is 0.102. The molecule has 0 atom stereocenters. The fourth-order valence-corrected chi connectivity index (χ4v) is 3.61. The Morgan fingerprint density at radius 3 is 2.44 bits per heavy atom. The van der Waals surface area contributed by atoms with Gasteiger partial charge in [-0.1, -0.05) is 59.2 Å². The molecule has 2 aromatic rings. The molecule has 0 fully saturated rings. The highest BCUT2D eigenvalue weighted by Crippen LogP contribution is 2.36. The van der Waals surface area contributed by atoms with Crippen molar-refractivity contribution in [2.75, 3.05) is 0 Å². The Morgan fingerprint density at radius 2 is 1.93 bits per heavy atom. The van der Waals surface area contributed by atoms with Gasteiger partial charge < -0.3 is 5.11 Å². The van der Waals surface area contributed by atoms with Crippen LogP contribution in [0.1, 0.15) is 85.3 Å². The lowest BCUT2D eigenvalue weighted by Gasteiger charge is -2.29. The highest BCUT2D eigenvalue weighted by Gasteiger charge is 2.24. The van der Waals surface area contributed by atoms with Crippen LogP contribution in [0.2, 0.25) is 0 Å². The van der Waals surface area contributed by atoms with Crippen molar-refractivity contribution in [3.05, 3.63) is 70.6 Å². The van der Waals surface area contributed by atoms with Crippen LogP contribution in [0.25, 0.3) is 5.57 Å². The average Bonchev–Trinajstić information content (AvgIpc) is 2.65. The Bertz CT molecular complexity index is 832. The van der Waals surface area contributed by atoms with Crippen LogP contribution in [0.3, 0.4) is 0 Å². The molecule has 0 unspecified atom stereocenters. The lowest BCUT2D eigenvalue weighted by atomic mass is 9.75. The lowest BCUT2D eigenvalue weighted by Crippen LogP contribution is -2.20. The van der Waals surface area contributed by atoms with E-state index in [0.29, 0.717) is 5.69 Å². The molecule has 144 valence electrons. The van der Waals surface area contributed by atoms with Gasteiger partial charge in [0.25, 0.3) is 0 Å². The van der Waals surface area contributed by atoms with Crippen LogP contribution in [0.15, 0.2) is 37.0 Å². The number of carboxylic acids is 1. The zero-order chi connectivity index (χ0) is 20.2. The fraction of sp³-hybridized carbons (Fsp3) is 0.417. The number of pyridine rings is 1. The molecule has 0 bridgehead atoms. The third-order valence-electron chi connectivity index (χ3n) is 5.36. The monoisotopic (exact) mass is 365 g/mol. The van der Waals surface area contributed by atoms with Crippen LogP contribution in [0, 0.1) is 6.92 Å². The highest BCUT2D eigenvalue weighted by molar-refractivity contribution is 5.88. The molecule has 0 saturated heterocycles. The maximum atomic E-state index is 11.1. The van der Waals surface area contributed by atoms with Crippen molar-refractivity contribution in [2.45, 2.75) is 65.7 Å². The number of carboxylic acid groups (broad SMARTS) is 1. The van der Waals surface area contributed by atoms with Gasteiger partial charge in [-0.05, 0) is 59.6 Å². The van der Waals surface area contributed by atoms with Crippen molar-refractivity contribution in [1.29, 1.82) is 0 Å². The number of carbonyl (C=O) groups is 1. The van der Waals surface area contributed by atoms with Crippen LogP contribution in [0.5, 0.6) is 0 Å². The van der Waals surface area contributed by atoms with Gasteiger partial charge in [-0.3, -0.25) is 4.98 Å². The van der Waals surface area contributed by atoms with Gasteiger partial charge in [0.1, 0.15) is 0 Å². The van der Waals surface area contributed by atoms with E-state index in [4.69, 9.17) is 5.11 Å². The lowest BCUT2D eigenvalue weighted by molar-refractivity contribution is 0.0696. The Kier molecular flexibility index (Phi) is 6.59. The molecule has 2 rings (SSSR count). The SMILES string of the molecule is C=C(c1ccc(C(=O)O)cn1)c1cc(C(C)(C)CCCC)c(CC)cc1C. The second-order valence-corrected chi connectivity index (χ2v) is 7.88. The Hall–Kier alpha value is -2.42. The minimum atomic E-state index is -0.969. The van der Waals surface area contributed by atoms with Gasteiger partial charge in [-0.25, -0.2) is 4.79 Å². The van der Waals surface area contributed by atoms with E-state index in [9.17, 15) is 4.79 Å². The average molecular weight is 366 g/mol. The summed E-state index contributed by atoms with van der Waals surface area (Å²) >= 11 is 0. The number of rotatable bonds is 8. The molecule has 0 aliphatic carbocycles. The number of aromatic nitrogens is 1. The zero-order valence-electron chi connectivity index (χ0n) is 17.2. The van der Waals surface area contributed by atoms with Gasteiger partial charge in [-0.2, -0.15) is 0 Å². The molecule has 1 aromatic heterocycles. The fourth-order valence-electron chi connectivity index (χ4n) is 3.61. The first-order chi connectivity index (χ1) is 12.7. The minimum Gasteiger partial charge on any atom is -0.478 e. The van der Waals surface area contributed by atoms with E-state index in [1.165, 1.54) is 35.7 Å². The summed E-state index contributed by atoms with van der Waals surface area (Å²) in [6, 6.07) is 7.87. The van der Waals surface area contributed by atoms with Gasteiger partial charge in [0.2, 0.25) is 0 Å². The second-order valence-electron chi connectivity index (χ2n) is 7.88. The first-order valence-electron chi connectivity index (χ1n) is 9.74. The summed E-state index contributed by atoms with van der Waals surface area (Å²) in [6.45, 7) is 15.4. The Morgan fingerprint density at radius 1 is 1.22 bits per heavy atom. The van der Waals surface area contributed by atoms with Crippen molar-refractivity contribution in [1.82, 2.24) is 4.98 Å². The van der Waals surface area contributed by atoms with E-state index in [0.717, 1.165) is 24.0 Å².